The van der Waals surface area contributed by atoms with Crippen LogP contribution in [0.15, 0.2) is 36.4 Å². The second-order valence-electron chi connectivity index (χ2n) is 3.75. The molecule has 3 nitrogen and oxygen atoms in total. The summed E-state index contributed by atoms with van der Waals surface area (Å²) >= 11 is 0. The van der Waals surface area contributed by atoms with Gasteiger partial charge in [0.25, 0.3) is 0 Å². The van der Waals surface area contributed by atoms with Gasteiger partial charge < -0.3 is 10.6 Å². The predicted molar refractivity (Wildman–Crippen MR) is 60.0 cm³/mol. The van der Waals surface area contributed by atoms with E-state index in [2.05, 4.69) is 0 Å². The third kappa shape index (κ3) is 2.44. The van der Waals surface area contributed by atoms with E-state index in [1.807, 2.05) is 36.4 Å². The fourth-order valence-electron chi connectivity index (χ4n) is 1.53. The van der Waals surface area contributed by atoms with Crippen molar-refractivity contribution in [3.63, 3.8) is 0 Å². The van der Waals surface area contributed by atoms with Crippen LogP contribution < -0.4 is 5.73 Å². The number of nitrogens with two attached hydrogens (primary N) is 1. The minimum Gasteiger partial charge on any atom is -0.336 e. The van der Waals surface area contributed by atoms with Crippen LogP contribution in [0.3, 0.4) is 0 Å². The Bertz CT molecular complexity index is 366. The zero-order valence-corrected chi connectivity index (χ0v) is 8.47. The van der Waals surface area contributed by atoms with Crippen molar-refractivity contribution >= 4 is 12.0 Å². The van der Waals surface area contributed by atoms with E-state index in [0.717, 1.165) is 5.56 Å². The van der Waals surface area contributed by atoms with E-state index in [9.17, 15) is 4.79 Å². The molecule has 1 heterocycles. The van der Waals surface area contributed by atoms with Gasteiger partial charge in [-0.15, -0.1) is 0 Å². The molecule has 3 heteroatoms. The molecule has 0 spiro atoms. The molecule has 15 heavy (non-hydrogen) atoms. The fourth-order valence-corrected chi connectivity index (χ4v) is 1.53. The molecule has 1 aliphatic rings. The van der Waals surface area contributed by atoms with Crippen molar-refractivity contribution in [3.05, 3.63) is 42.0 Å². The van der Waals surface area contributed by atoms with Gasteiger partial charge >= 0.3 is 0 Å². The van der Waals surface area contributed by atoms with Crippen LogP contribution >= 0.6 is 0 Å². The van der Waals surface area contributed by atoms with Gasteiger partial charge in [-0.05, 0) is 11.6 Å². The van der Waals surface area contributed by atoms with Gasteiger partial charge in [0.15, 0.2) is 0 Å². The zero-order valence-electron chi connectivity index (χ0n) is 8.47. The molecule has 78 valence electrons. The lowest BCUT2D eigenvalue weighted by atomic mass is 10.1. The summed E-state index contributed by atoms with van der Waals surface area (Å²) in [6.45, 7) is 1.36. The molecule has 1 aliphatic heterocycles. The molecule has 0 radical (unpaired) electrons. The quantitative estimate of drug-likeness (QED) is 0.723. The maximum absolute atomic E-state index is 11.5. The Morgan fingerprint density at radius 3 is 2.60 bits per heavy atom. The summed E-state index contributed by atoms with van der Waals surface area (Å²) in [5.74, 6) is 0.0422. The third-order valence-electron chi connectivity index (χ3n) is 2.44. The van der Waals surface area contributed by atoms with Gasteiger partial charge in [-0.3, -0.25) is 4.79 Å². The molecule has 1 aromatic carbocycles. The molecule has 0 bridgehead atoms. The van der Waals surface area contributed by atoms with Crippen LogP contribution in [-0.4, -0.2) is 29.9 Å². The second-order valence-corrected chi connectivity index (χ2v) is 3.75. The van der Waals surface area contributed by atoms with Gasteiger partial charge in [0.2, 0.25) is 5.91 Å². The molecule has 1 amide bonds. The van der Waals surface area contributed by atoms with Crippen LogP contribution in [-0.2, 0) is 4.79 Å². The number of nitrogens with zero attached hydrogens (tertiary/aromatic N) is 1. The number of carbonyl (C=O) groups excluding carboxylic acids is 1. The molecule has 0 aliphatic carbocycles. The number of hydrogen-bond donors (Lipinski definition) is 1. The van der Waals surface area contributed by atoms with Gasteiger partial charge in [-0.25, -0.2) is 0 Å². The summed E-state index contributed by atoms with van der Waals surface area (Å²) < 4.78 is 0. The van der Waals surface area contributed by atoms with Crippen molar-refractivity contribution in [2.75, 3.05) is 13.1 Å². The van der Waals surface area contributed by atoms with Crippen molar-refractivity contribution in [1.82, 2.24) is 4.90 Å². The summed E-state index contributed by atoms with van der Waals surface area (Å²) in [5.41, 5.74) is 6.63. The third-order valence-corrected chi connectivity index (χ3v) is 2.44. The molecule has 0 atom stereocenters. The summed E-state index contributed by atoms with van der Waals surface area (Å²) in [6.07, 6.45) is 3.42. The number of hydrogen-bond acceptors (Lipinski definition) is 2. The number of rotatable bonds is 2. The summed E-state index contributed by atoms with van der Waals surface area (Å²) in [7, 11) is 0. The smallest absolute Gasteiger partial charge is 0.246 e. The average Bonchev–Trinajstić information content (AvgIpc) is 2.23. The van der Waals surface area contributed by atoms with E-state index in [0.29, 0.717) is 13.1 Å². The maximum atomic E-state index is 11.5. The van der Waals surface area contributed by atoms with E-state index in [-0.39, 0.29) is 11.9 Å². The van der Waals surface area contributed by atoms with E-state index >= 15 is 0 Å². The van der Waals surface area contributed by atoms with Gasteiger partial charge in [0, 0.05) is 25.2 Å². The van der Waals surface area contributed by atoms with E-state index in [4.69, 9.17) is 5.73 Å². The van der Waals surface area contributed by atoms with Crippen LogP contribution in [0.2, 0.25) is 0 Å². The highest BCUT2D eigenvalue weighted by Crippen LogP contribution is 2.07. The minimum atomic E-state index is 0.0422. The first-order chi connectivity index (χ1) is 7.25. The van der Waals surface area contributed by atoms with Gasteiger partial charge in [-0.2, -0.15) is 0 Å². The van der Waals surface area contributed by atoms with Gasteiger partial charge in [-0.1, -0.05) is 30.3 Å². The molecule has 1 saturated heterocycles. The lowest BCUT2D eigenvalue weighted by Crippen LogP contribution is -2.57. The first-order valence-corrected chi connectivity index (χ1v) is 5.03. The molecule has 0 unspecified atom stereocenters. The molecule has 2 N–H and O–H groups in total. The number of likely N-dealkylation sites (tertiary alicyclic amines) is 1. The summed E-state index contributed by atoms with van der Waals surface area (Å²) in [6, 6.07) is 9.94. The first-order valence-electron chi connectivity index (χ1n) is 5.03. The topological polar surface area (TPSA) is 46.3 Å². The van der Waals surface area contributed by atoms with Crippen LogP contribution in [0.4, 0.5) is 0 Å². The second kappa shape index (κ2) is 4.28. The lowest BCUT2D eigenvalue weighted by Gasteiger charge is -2.36. The summed E-state index contributed by atoms with van der Waals surface area (Å²) in [4.78, 5) is 13.3. The van der Waals surface area contributed by atoms with Crippen LogP contribution in [0.5, 0.6) is 0 Å². The number of amides is 1. The van der Waals surface area contributed by atoms with Crippen molar-refractivity contribution in [1.29, 1.82) is 0 Å². The Morgan fingerprint density at radius 1 is 1.33 bits per heavy atom. The average molecular weight is 202 g/mol. The van der Waals surface area contributed by atoms with E-state index in [1.54, 1.807) is 11.0 Å². The van der Waals surface area contributed by atoms with Crippen molar-refractivity contribution in [2.45, 2.75) is 6.04 Å². The summed E-state index contributed by atoms with van der Waals surface area (Å²) in [5, 5.41) is 0. The fraction of sp³-hybridized carbons (Fsp3) is 0.250. The SMILES string of the molecule is NC1CN(C(=O)C=Cc2ccccc2)C1. The normalized spacial score (nSPS) is 16.7. The van der Waals surface area contributed by atoms with Crippen molar-refractivity contribution in [2.24, 2.45) is 5.73 Å². The highest BCUT2D eigenvalue weighted by Gasteiger charge is 2.25. The van der Waals surface area contributed by atoms with Gasteiger partial charge in [0.1, 0.15) is 0 Å². The molecular formula is C12H14N2O. The van der Waals surface area contributed by atoms with Crippen molar-refractivity contribution in [3.8, 4) is 0 Å². The Labute approximate surface area is 89.2 Å². The molecule has 1 aromatic rings. The molecule has 0 aromatic heterocycles. The van der Waals surface area contributed by atoms with Crippen LogP contribution in [0, 0.1) is 0 Å². The standard InChI is InChI=1S/C12H14N2O/c13-11-8-14(9-11)12(15)7-6-10-4-2-1-3-5-10/h1-7,11H,8-9,13H2. The number of carbonyl (C=O) groups is 1. The van der Waals surface area contributed by atoms with Crippen molar-refractivity contribution < 1.29 is 4.79 Å². The monoisotopic (exact) mass is 202 g/mol. The lowest BCUT2D eigenvalue weighted by molar-refractivity contribution is -0.130. The van der Waals surface area contributed by atoms with Crippen LogP contribution in [0.25, 0.3) is 6.08 Å². The highest BCUT2D eigenvalue weighted by molar-refractivity contribution is 5.92. The van der Waals surface area contributed by atoms with Gasteiger partial charge in [0.05, 0.1) is 0 Å². The van der Waals surface area contributed by atoms with Crippen LogP contribution in [0.1, 0.15) is 5.56 Å². The zero-order chi connectivity index (χ0) is 10.7. The Morgan fingerprint density at radius 2 is 2.00 bits per heavy atom. The Kier molecular flexibility index (Phi) is 2.83. The molecule has 2 rings (SSSR count). The Hall–Kier alpha value is -1.61. The molecule has 1 fully saturated rings. The molecular weight excluding hydrogens is 188 g/mol. The number of benzene rings is 1. The van der Waals surface area contributed by atoms with E-state index < -0.39 is 0 Å². The van der Waals surface area contributed by atoms with E-state index in [1.165, 1.54) is 0 Å². The highest BCUT2D eigenvalue weighted by atomic mass is 16.2. The largest absolute Gasteiger partial charge is 0.336 e. The minimum absolute atomic E-state index is 0.0422. The molecule has 0 saturated carbocycles. The first kappa shape index (κ1) is 9.93. The maximum Gasteiger partial charge on any atom is 0.246 e. The predicted octanol–water partition coefficient (Wildman–Crippen LogP) is 0.869. The Balaban J connectivity index is 1.92.